The molecule has 0 saturated heterocycles. The number of rotatable bonds is 10. The molecular weight excluding hydrogens is 591 g/mol. The molecule has 226 valence electrons. The SMILES string of the molecule is C[C@@H](C(=O)NC(C)(C)C)N(CCc1ccccc1)C(=O)CN(c1cc(C(F)(F)F)ccc1Cl)S(=O)(=O)c1ccccc1. The number of carbonyl (C=O) groups is 2. The van der Waals surface area contributed by atoms with Gasteiger partial charge in [-0.25, -0.2) is 8.42 Å². The second kappa shape index (κ2) is 13.2. The fourth-order valence-electron chi connectivity index (χ4n) is 4.16. The molecule has 42 heavy (non-hydrogen) atoms. The summed E-state index contributed by atoms with van der Waals surface area (Å²) in [7, 11) is -4.58. The minimum Gasteiger partial charge on any atom is -0.350 e. The number of sulfonamides is 1. The van der Waals surface area contributed by atoms with Gasteiger partial charge in [0.1, 0.15) is 12.6 Å². The number of hydrogen-bond acceptors (Lipinski definition) is 4. The summed E-state index contributed by atoms with van der Waals surface area (Å²) in [6, 6.07) is 17.4. The van der Waals surface area contributed by atoms with Gasteiger partial charge in [-0.1, -0.05) is 60.1 Å². The zero-order valence-electron chi connectivity index (χ0n) is 23.7. The van der Waals surface area contributed by atoms with Gasteiger partial charge in [-0.2, -0.15) is 13.2 Å². The Balaban J connectivity index is 2.08. The number of amides is 2. The molecule has 7 nitrogen and oxygen atoms in total. The number of alkyl halides is 3. The molecule has 3 rings (SSSR count). The molecule has 0 unspecified atom stereocenters. The third-order valence-electron chi connectivity index (χ3n) is 6.30. The van der Waals surface area contributed by atoms with Gasteiger partial charge in [0, 0.05) is 12.1 Å². The quantitative estimate of drug-likeness (QED) is 0.303. The van der Waals surface area contributed by atoms with E-state index in [9.17, 15) is 31.2 Å². The van der Waals surface area contributed by atoms with E-state index in [1.54, 1.807) is 26.8 Å². The minimum absolute atomic E-state index is 0.0388. The third-order valence-corrected chi connectivity index (χ3v) is 8.40. The van der Waals surface area contributed by atoms with Crippen LogP contribution < -0.4 is 9.62 Å². The van der Waals surface area contributed by atoms with Crippen molar-refractivity contribution in [2.24, 2.45) is 0 Å². The van der Waals surface area contributed by atoms with Crippen LogP contribution in [-0.2, 0) is 32.2 Å². The Hall–Kier alpha value is -3.57. The maximum Gasteiger partial charge on any atom is 0.416 e. The van der Waals surface area contributed by atoms with Crippen molar-refractivity contribution in [1.29, 1.82) is 0 Å². The predicted molar refractivity (Wildman–Crippen MR) is 157 cm³/mol. The van der Waals surface area contributed by atoms with E-state index in [-0.39, 0.29) is 16.5 Å². The highest BCUT2D eigenvalue weighted by atomic mass is 35.5. The fourth-order valence-corrected chi connectivity index (χ4v) is 5.87. The maximum atomic E-state index is 13.9. The number of benzene rings is 3. The number of carbonyl (C=O) groups excluding carboxylic acids is 2. The van der Waals surface area contributed by atoms with E-state index >= 15 is 0 Å². The highest BCUT2D eigenvalue weighted by Gasteiger charge is 2.36. The van der Waals surface area contributed by atoms with Crippen LogP contribution in [0.1, 0.15) is 38.8 Å². The van der Waals surface area contributed by atoms with Crippen molar-refractivity contribution >= 4 is 39.1 Å². The average molecular weight is 624 g/mol. The number of halogens is 4. The zero-order valence-corrected chi connectivity index (χ0v) is 25.2. The van der Waals surface area contributed by atoms with Crippen LogP contribution in [0.15, 0.2) is 83.8 Å². The van der Waals surface area contributed by atoms with E-state index in [0.717, 1.165) is 17.7 Å². The summed E-state index contributed by atoms with van der Waals surface area (Å²) < 4.78 is 69.1. The summed E-state index contributed by atoms with van der Waals surface area (Å²) in [5.41, 5.74) is -1.40. The minimum atomic E-state index is -4.80. The zero-order chi connectivity index (χ0) is 31.3. The summed E-state index contributed by atoms with van der Waals surface area (Å²) in [5, 5.41) is 2.51. The molecule has 3 aromatic rings. The molecule has 0 saturated carbocycles. The molecule has 0 radical (unpaired) electrons. The Morgan fingerprint density at radius 1 is 0.929 bits per heavy atom. The lowest BCUT2D eigenvalue weighted by Gasteiger charge is -2.33. The van der Waals surface area contributed by atoms with Crippen LogP contribution in [0.5, 0.6) is 0 Å². The second-order valence-electron chi connectivity index (χ2n) is 10.7. The first kappa shape index (κ1) is 32.9. The van der Waals surface area contributed by atoms with Crippen molar-refractivity contribution in [3.63, 3.8) is 0 Å². The van der Waals surface area contributed by atoms with Gasteiger partial charge in [0.25, 0.3) is 10.0 Å². The molecule has 0 aromatic heterocycles. The summed E-state index contributed by atoms with van der Waals surface area (Å²) in [6.07, 6.45) is -4.46. The molecular formula is C30H33ClF3N3O4S. The molecule has 0 spiro atoms. The van der Waals surface area contributed by atoms with E-state index in [2.05, 4.69) is 5.32 Å². The van der Waals surface area contributed by atoms with Gasteiger partial charge in [0.05, 0.1) is 21.2 Å². The molecule has 0 heterocycles. The first-order valence-corrected chi connectivity index (χ1v) is 14.9. The largest absolute Gasteiger partial charge is 0.416 e. The van der Waals surface area contributed by atoms with Crippen LogP contribution in [0, 0.1) is 0 Å². The monoisotopic (exact) mass is 623 g/mol. The third kappa shape index (κ3) is 8.48. The molecule has 0 fully saturated rings. The van der Waals surface area contributed by atoms with E-state index < -0.39 is 57.4 Å². The Kier molecular flexibility index (Phi) is 10.3. The number of nitrogens with zero attached hydrogens (tertiary/aromatic N) is 2. The number of nitrogens with one attached hydrogen (secondary N) is 1. The van der Waals surface area contributed by atoms with E-state index in [0.29, 0.717) is 16.8 Å². The van der Waals surface area contributed by atoms with Gasteiger partial charge < -0.3 is 10.2 Å². The van der Waals surface area contributed by atoms with Crippen LogP contribution in [0.2, 0.25) is 5.02 Å². The first-order valence-electron chi connectivity index (χ1n) is 13.1. The van der Waals surface area contributed by atoms with Gasteiger partial charge in [-0.3, -0.25) is 13.9 Å². The Labute approximate surface area is 249 Å². The molecule has 0 aliphatic heterocycles. The van der Waals surface area contributed by atoms with Gasteiger partial charge in [0.15, 0.2) is 0 Å². The normalized spacial score (nSPS) is 12.9. The van der Waals surface area contributed by atoms with E-state index in [4.69, 9.17) is 11.6 Å². The molecule has 0 aliphatic carbocycles. The topological polar surface area (TPSA) is 86.8 Å². The van der Waals surface area contributed by atoms with Crippen molar-refractivity contribution in [3.8, 4) is 0 Å². The highest BCUT2D eigenvalue weighted by Crippen LogP contribution is 2.37. The fraction of sp³-hybridized carbons (Fsp3) is 0.333. The van der Waals surface area contributed by atoms with Crippen molar-refractivity contribution in [1.82, 2.24) is 10.2 Å². The van der Waals surface area contributed by atoms with Crippen molar-refractivity contribution < 1.29 is 31.2 Å². The van der Waals surface area contributed by atoms with Crippen LogP contribution in [0.25, 0.3) is 0 Å². The Morgan fingerprint density at radius 2 is 1.50 bits per heavy atom. The lowest BCUT2D eigenvalue weighted by molar-refractivity contribution is -0.139. The standard InChI is InChI=1S/C30H33ClF3N3O4S/c1-21(28(39)35-29(2,3)4)36(18-17-22-11-7-5-8-12-22)27(38)20-37(42(40,41)24-13-9-6-10-14-24)26-19-23(30(32,33)34)15-16-25(26)31/h5-16,19,21H,17-18,20H2,1-4H3,(H,35,39)/t21-/m0/s1. The van der Waals surface area contributed by atoms with E-state index in [1.807, 2.05) is 30.3 Å². The smallest absolute Gasteiger partial charge is 0.350 e. The Morgan fingerprint density at radius 3 is 2.05 bits per heavy atom. The summed E-state index contributed by atoms with van der Waals surface area (Å²) in [6.45, 7) is 5.97. The van der Waals surface area contributed by atoms with Gasteiger partial charge in [-0.15, -0.1) is 0 Å². The van der Waals surface area contributed by atoms with Crippen LogP contribution in [0.3, 0.4) is 0 Å². The van der Waals surface area contributed by atoms with Crippen molar-refractivity contribution in [3.05, 3.63) is 95.0 Å². The van der Waals surface area contributed by atoms with Gasteiger partial charge in [-0.05, 0) is 70.0 Å². The van der Waals surface area contributed by atoms with E-state index in [1.165, 1.54) is 36.1 Å². The maximum absolute atomic E-state index is 13.9. The molecule has 12 heteroatoms. The molecule has 0 aliphatic rings. The average Bonchev–Trinajstić information content (AvgIpc) is 2.91. The molecule has 2 amide bonds. The lowest BCUT2D eigenvalue weighted by atomic mass is 10.1. The molecule has 1 atom stereocenters. The summed E-state index contributed by atoms with van der Waals surface area (Å²) >= 11 is 6.26. The van der Waals surface area contributed by atoms with Crippen LogP contribution in [0.4, 0.5) is 18.9 Å². The van der Waals surface area contributed by atoms with Crippen LogP contribution in [-0.4, -0.2) is 49.8 Å². The summed E-state index contributed by atoms with van der Waals surface area (Å²) in [5.74, 6) is -1.27. The number of hydrogen-bond donors (Lipinski definition) is 1. The molecule has 0 bridgehead atoms. The van der Waals surface area contributed by atoms with Gasteiger partial charge in [0.2, 0.25) is 11.8 Å². The van der Waals surface area contributed by atoms with Crippen molar-refractivity contribution in [2.45, 2.75) is 56.8 Å². The van der Waals surface area contributed by atoms with Crippen LogP contribution >= 0.6 is 11.6 Å². The number of anilines is 1. The van der Waals surface area contributed by atoms with Crippen molar-refractivity contribution in [2.75, 3.05) is 17.4 Å². The molecule has 1 N–H and O–H groups in total. The lowest BCUT2D eigenvalue weighted by Crippen LogP contribution is -2.55. The predicted octanol–water partition coefficient (Wildman–Crippen LogP) is 5.93. The van der Waals surface area contributed by atoms with Gasteiger partial charge >= 0.3 is 6.18 Å². The molecule has 3 aromatic carbocycles. The Bertz CT molecular complexity index is 1500. The highest BCUT2D eigenvalue weighted by molar-refractivity contribution is 7.92. The summed E-state index contributed by atoms with van der Waals surface area (Å²) in [4.78, 5) is 28.0. The second-order valence-corrected chi connectivity index (χ2v) is 13.0. The first-order chi connectivity index (χ1) is 19.5.